The minimum absolute atomic E-state index is 0.0919. The Bertz CT molecular complexity index is 680. The number of amides is 2. The first kappa shape index (κ1) is 20.3. The molecule has 2 unspecified atom stereocenters. The quantitative estimate of drug-likeness (QED) is 0.713. The topological polar surface area (TPSA) is 49.4 Å². The predicted octanol–water partition coefficient (Wildman–Crippen LogP) is 4.13. The van der Waals surface area contributed by atoms with Gasteiger partial charge >= 0.3 is 0 Å². The van der Waals surface area contributed by atoms with Crippen molar-refractivity contribution in [1.82, 2.24) is 10.2 Å². The normalized spacial score (nSPS) is 44.6. The number of halogens is 1. The van der Waals surface area contributed by atoms with Crippen LogP contribution in [0, 0.1) is 28.6 Å². The molecule has 4 nitrogen and oxygen atoms in total. The summed E-state index contributed by atoms with van der Waals surface area (Å²) >= 11 is 5.75. The Labute approximate surface area is 174 Å². The molecule has 0 bridgehead atoms. The zero-order valence-corrected chi connectivity index (χ0v) is 18.3. The molecule has 156 valence electrons. The largest absolute Gasteiger partial charge is 0.353 e. The highest BCUT2D eigenvalue weighted by atomic mass is 35.5. The molecule has 0 aromatic heterocycles. The Kier molecular flexibility index (Phi) is 5.31. The van der Waals surface area contributed by atoms with Crippen molar-refractivity contribution >= 4 is 23.4 Å². The van der Waals surface area contributed by atoms with Crippen molar-refractivity contribution in [3.05, 3.63) is 12.2 Å². The summed E-state index contributed by atoms with van der Waals surface area (Å²) in [6, 6.07) is 0.640. The van der Waals surface area contributed by atoms with Crippen LogP contribution in [-0.2, 0) is 9.59 Å². The maximum atomic E-state index is 12.3. The third kappa shape index (κ3) is 3.02. The van der Waals surface area contributed by atoms with Crippen LogP contribution in [0.1, 0.15) is 65.2 Å². The van der Waals surface area contributed by atoms with E-state index in [0.717, 1.165) is 19.3 Å². The number of rotatable bonds is 4. The zero-order chi connectivity index (χ0) is 20.1. The van der Waals surface area contributed by atoms with Crippen LogP contribution in [0.2, 0.25) is 0 Å². The van der Waals surface area contributed by atoms with Gasteiger partial charge in [0.05, 0.1) is 0 Å². The van der Waals surface area contributed by atoms with Gasteiger partial charge in [-0.1, -0.05) is 19.9 Å². The maximum absolute atomic E-state index is 12.3. The monoisotopic (exact) mass is 406 g/mol. The van der Waals surface area contributed by atoms with E-state index >= 15 is 0 Å². The molecule has 1 aliphatic heterocycles. The third-order valence-corrected chi connectivity index (χ3v) is 9.27. The molecule has 3 aliphatic carbocycles. The van der Waals surface area contributed by atoms with Gasteiger partial charge in [-0.2, -0.15) is 0 Å². The van der Waals surface area contributed by atoms with E-state index in [2.05, 4.69) is 25.2 Å². The van der Waals surface area contributed by atoms with E-state index in [1.165, 1.54) is 25.7 Å². The van der Waals surface area contributed by atoms with Gasteiger partial charge in [-0.05, 0) is 74.2 Å². The number of carbonyl (C=O) groups excluding carboxylic acids is 2. The molecule has 1 heterocycles. The SMILES string of the molecule is CN1C(=O)C=C[C@@]2(C)C1CC[C@@H]1[C@H]2CC[C@]2(C)C(NC(=O)CCCCl)CC[C@@H]12. The number of hydrogen-bond acceptors (Lipinski definition) is 2. The number of likely N-dealkylation sites (N-methyl/N-ethyl adjacent to an activating group) is 1. The average Bonchev–Trinajstić information content (AvgIpc) is 3.00. The highest BCUT2D eigenvalue weighted by Crippen LogP contribution is 2.63. The average molecular weight is 407 g/mol. The molecule has 4 rings (SSSR count). The summed E-state index contributed by atoms with van der Waals surface area (Å²) in [6.07, 6.45) is 12.3. The Morgan fingerprint density at radius 3 is 2.75 bits per heavy atom. The molecule has 0 aromatic carbocycles. The summed E-state index contributed by atoms with van der Waals surface area (Å²) in [4.78, 5) is 26.5. The van der Waals surface area contributed by atoms with Crippen LogP contribution in [0.5, 0.6) is 0 Å². The number of carbonyl (C=O) groups is 2. The Morgan fingerprint density at radius 2 is 2.00 bits per heavy atom. The van der Waals surface area contributed by atoms with Crippen LogP contribution in [0.25, 0.3) is 0 Å². The maximum Gasteiger partial charge on any atom is 0.246 e. The number of fused-ring (bicyclic) bond motifs is 5. The lowest BCUT2D eigenvalue weighted by atomic mass is 9.48. The van der Waals surface area contributed by atoms with Crippen molar-refractivity contribution in [2.24, 2.45) is 28.6 Å². The molecule has 2 amide bonds. The Balaban J connectivity index is 1.53. The number of alkyl halides is 1. The van der Waals surface area contributed by atoms with E-state index in [-0.39, 0.29) is 22.6 Å². The predicted molar refractivity (Wildman–Crippen MR) is 112 cm³/mol. The molecule has 4 aliphatic rings. The summed E-state index contributed by atoms with van der Waals surface area (Å²) in [5.74, 6) is 2.89. The summed E-state index contributed by atoms with van der Waals surface area (Å²) in [5, 5.41) is 3.36. The molecule has 3 saturated carbocycles. The van der Waals surface area contributed by atoms with Gasteiger partial charge in [-0.25, -0.2) is 0 Å². The molecule has 0 saturated heterocycles. The fourth-order valence-corrected chi connectivity index (χ4v) is 7.60. The van der Waals surface area contributed by atoms with Gasteiger partial charge in [0.15, 0.2) is 0 Å². The minimum Gasteiger partial charge on any atom is -0.353 e. The van der Waals surface area contributed by atoms with Gasteiger partial charge in [0.2, 0.25) is 11.8 Å². The fraction of sp³-hybridized carbons (Fsp3) is 0.826. The van der Waals surface area contributed by atoms with Crippen LogP contribution in [0.15, 0.2) is 12.2 Å². The molecule has 28 heavy (non-hydrogen) atoms. The van der Waals surface area contributed by atoms with Crippen LogP contribution < -0.4 is 5.32 Å². The molecule has 0 radical (unpaired) electrons. The lowest BCUT2D eigenvalue weighted by Crippen LogP contribution is -2.60. The summed E-state index contributed by atoms with van der Waals surface area (Å²) in [5.41, 5.74) is 0.301. The minimum atomic E-state index is 0.0919. The smallest absolute Gasteiger partial charge is 0.246 e. The first-order valence-corrected chi connectivity index (χ1v) is 11.7. The van der Waals surface area contributed by atoms with Crippen molar-refractivity contribution in [2.75, 3.05) is 12.9 Å². The lowest BCUT2D eigenvalue weighted by Gasteiger charge is -2.60. The van der Waals surface area contributed by atoms with Crippen molar-refractivity contribution in [2.45, 2.75) is 77.3 Å². The molecular formula is C23H35ClN2O2. The zero-order valence-electron chi connectivity index (χ0n) is 17.5. The van der Waals surface area contributed by atoms with Gasteiger partial charge in [-0.3, -0.25) is 9.59 Å². The van der Waals surface area contributed by atoms with Gasteiger partial charge in [0, 0.05) is 36.8 Å². The first-order chi connectivity index (χ1) is 13.3. The highest BCUT2D eigenvalue weighted by molar-refractivity contribution is 6.17. The summed E-state index contributed by atoms with van der Waals surface area (Å²) in [6.45, 7) is 4.81. The van der Waals surface area contributed by atoms with Crippen molar-refractivity contribution in [1.29, 1.82) is 0 Å². The number of hydrogen-bond donors (Lipinski definition) is 1. The lowest BCUT2D eigenvalue weighted by molar-refractivity contribution is -0.138. The fourth-order valence-electron chi connectivity index (χ4n) is 7.47. The molecule has 0 spiro atoms. The molecule has 7 atom stereocenters. The standard InChI is InChI=1S/C23H35ClN2O2/c1-22-12-10-17-15(6-9-19-23(17,2)13-11-21(28)26(19)3)16(22)7-8-18(22)25-20(27)5-4-14-24/h11,13,15-19H,4-10,12,14H2,1-3H3,(H,25,27)/t15-,16-,17+,18?,19?,22-,23+/m0/s1. The molecule has 0 aromatic rings. The van der Waals surface area contributed by atoms with Crippen LogP contribution in [0.3, 0.4) is 0 Å². The van der Waals surface area contributed by atoms with E-state index in [4.69, 9.17) is 11.6 Å². The second kappa shape index (κ2) is 7.34. The number of nitrogens with zero attached hydrogens (tertiary/aromatic N) is 1. The van der Waals surface area contributed by atoms with E-state index in [9.17, 15) is 9.59 Å². The third-order valence-electron chi connectivity index (χ3n) is 9.00. The summed E-state index contributed by atoms with van der Waals surface area (Å²) < 4.78 is 0. The van der Waals surface area contributed by atoms with Crippen LogP contribution in [0.4, 0.5) is 0 Å². The second-order valence-corrected chi connectivity index (χ2v) is 10.5. The second-order valence-electron chi connectivity index (χ2n) is 10.2. The molecule has 1 N–H and O–H groups in total. The highest BCUT2D eigenvalue weighted by Gasteiger charge is 2.60. The van der Waals surface area contributed by atoms with E-state index < -0.39 is 0 Å². The van der Waals surface area contributed by atoms with Crippen LogP contribution >= 0.6 is 11.6 Å². The van der Waals surface area contributed by atoms with Crippen LogP contribution in [-0.4, -0.2) is 41.7 Å². The van der Waals surface area contributed by atoms with Crippen molar-refractivity contribution < 1.29 is 9.59 Å². The Morgan fingerprint density at radius 1 is 1.21 bits per heavy atom. The van der Waals surface area contributed by atoms with Gasteiger partial charge in [0.25, 0.3) is 0 Å². The molecule has 5 heteroatoms. The van der Waals surface area contributed by atoms with Crippen molar-refractivity contribution in [3.63, 3.8) is 0 Å². The number of nitrogens with one attached hydrogen (secondary N) is 1. The van der Waals surface area contributed by atoms with E-state index in [0.29, 0.717) is 42.1 Å². The Hall–Kier alpha value is -1.03. The first-order valence-electron chi connectivity index (χ1n) is 11.1. The summed E-state index contributed by atoms with van der Waals surface area (Å²) in [7, 11) is 1.98. The molecular weight excluding hydrogens is 372 g/mol. The molecule has 3 fully saturated rings. The van der Waals surface area contributed by atoms with E-state index in [1.807, 2.05) is 11.9 Å². The van der Waals surface area contributed by atoms with Crippen molar-refractivity contribution in [3.8, 4) is 0 Å². The van der Waals surface area contributed by atoms with E-state index in [1.54, 1.807) is 6.08 Å². The van der Waals surface area contributed by atoms with Gasteiger partial charge < -0.3 is 10.2 Å². The van der Waals surface area contributed by atoms with Gasteiger partial charge in [0.1, 0.15) is 0 Å². The van der Waals surface area contributed by atoms with Gasteiger partial charge in [-0.15, -0.1) is 11.6 Å².